The molecule has 0 saturated heterocycles. The van der Waals surface area contributed by atoms with Crippen LogP contribution < -0.4 is 11.5 Å². The van der Waals surface area contributed by atoms with Crippen LogP contribution in [-0.2, 0) is 5.41 Å². The van der Waals surface area contributed by atoms with E-state index in [9.17, 15) is 0 Å². The Bertz CT molecular complexity index is 1110. The van der Waals surface area contributed by atoms with Crippen molar-refractivity contribution in [1.82, 2.24) is 0 Å². The van der Waals surface area contributed by atoms with E-state index in [1.165, 1.54) is 0 Å². The monoisotopic (exact) mass is 432 g/mol. The van der Waals surface area contributed by atoms with Gasteiger partial charge in [-0.3, -0.25) is 0 Å². The summed E-state index contributed by atoms with van der Waals surface area (Å²) in [5.74, 6) is 0. The van der Waals surface area contributed by atoms with Gasteiger partial charge in [0.2, 0.25) is 0 Å². The van der Waals surface area contributed by atoms with E-state index in [1.807, 2.05) is 66.8 Å². The van der Waals surface area contributed by atoms with Gasteiger partial charge in [0.05, 0.1) is 5.41 Å². The molecule has 0 amide bonds. The van der Waals surface area contributed by atoms with E-state index in [4.69, 9.17) is 11.5 Å². The van der Waals surface area contributed by atoms with Gasteiger partial charge in [0.25, 0.3) is 0 Å². The first-order valence-corrected chi connectivity index (χ1v) is 10.6. The van der Waals surface area contributed by atoms with Crippen molar-refractivity contribution in [3.63, 3.8) is 0 Å². The summed E-state index contributed by atoms with van der Waals surface area (Å²) < 4.78 is 0. The fraction of sp³-hybridized carbons (Fsp3) is 0.0323. The van der Waals surface area contributed by atoms with Gasteiger partial charge in [-0.25, -0.2) is 0 Å². The molecule has 0 aromatic heterocycles. The highest BCUT2D eigenvalue weighted by Crippen LogP contribution is 2.55. The Hall–Kier alpha value is -4.30. The maximum atomic E-state index is 6.05. The highest BCUT2D eigenvalue weighted by molar-refractivity contribution is 5.77. The zero-order valence-electron chi connectivity index (χ0n) is 19.1. The third-order valence-electron chi connectivity index (χ3n) is 5.57. The predicted octanol–water partition coefficient (Wildman–Crippen LogP) is 7.11. The van der Waals surface area contributed by atoms with E-state index in [-0.39, 0.29) is 0 Å². The van der Waals surface area contributed by atoms with Crippen LogP contribution in [-0.4, -0.2) is 0 Å². The molecule has 166 valence electrons. The molecular weight excluding hydrogens is 400 g/mol. The van der Waals surface area contributed by atoms with Gasteiger partial charge in [0.15, 0.2) is 0 Å². The first-order valence-electron chi connectivity index (χ1n) is 10.6. The summed E-state index contributed by atoms with van der Waals surface area (Å²) >= 11 is 0. The average Bonchev–Trinajstić information content (AvgIpc) is 3.10. The lowest BCUT2D eigenvalue weighted by atomic mass is 9.65. The van der Waals surface area contributed by atoms with Crippen LogP contribution in [0.5, 0.6) is 0 Å². The van der Waals surface area contributed by atoms with Crippen LogP contribution in [0.1, 0.15) is 5.56 Å². The van der Waals surface area contributed by atoms with Crippen molar-refractivity contribution in [3.8, 4) is 0 Å². The number of hydrogen-bond donors (Lipinski definition) is 2. The Morgan fingerprint density at radius 2 is 1.24 bits per heavy atom. The lowest BCUT2D eigenvalue weighted by Crippen LogP contribution is -2.30. The van der Waals surface area contributed by atoms with Gasteiger partial charge in [-0.15, -0.1) is 0 Å². The van der Waals surface area contributed by atoms with Crippen LogP contribution in [0, 0.1) is 0 Å². The van der Waals surface area contributed by atoms with E-state index < -0.39 is 5.41 Å². The van der Waals surface area contributed by atoms with Gasteiger partial charge >= 0.3 is 0 Å². The third kappa shape index (κ3) is 4.65. The van der Waals surface area contributed by atoms with Gasteiger partial charge in [-0.1, -0.05) is 112 Å². The molecule has 4 N–H and O–H groups in total. The van der Waals surface area contributed by atoms with E-state index in [1.54, 1.807) is 18.2 Å². The molecule has 1 aliphatic rings. The van der Waals surface area contributed by atoms with E-state index in [2.05, 4.69) is 51.6 Å². The number of hydrogen-bond acceptors (Lipinski definition) is 2. The average molecular weight is 433 g/mol. The minimum absolute atomic E-state index is 0.548. The largest absolute Gasteiger partial charge is 0.399 e. The lowest BCUT2D eigenvalue weighted by molar-refractivity contribution is 0.754. The molecule has 0 unspecified atom stereocenters. The number of rotatable bonds is 11. The van der Waals surface area contributed by atoms with Gasteiger partial charge in [0, 0.05) is 11.4 Å². The molecule has 33 heavy (non-hydrogen) atoms. The van der Waals surface area contributed by atoms with Crippen LogP contribution in [0.4, 0.5) is 5.69 Å². The highest BCUT2D eigenvalue weighted by atomic mass is 14.6. The van der Waals surface area contributed by atoms with Gasteiger partial charge in [-0.2, -0.15) is 0 Å². The lowest BCUT2D eigenvalue weighted by Gasteiger charge is -2.36. The smallest absolute Gasteiger partial charge is 0.0713 e. The molecule has 0 saturated carbocycles. The summed E-state index contributed by atoms with van der Waals surface area (Å²) in [4.78, 5) is 0. The number of allylic oxidation sites excluding steroid dienone is 17. The topological polar surface area (TPSA) is 52.0 Å². The number of nitrogens with two attached hydrogens (primary N) is 2. The summed E-state index contributed by atoms with van der Waals surface area (Å²) in [5.41, 5.74) is 18.5. The van der Waals surface area contributed by atoms with Crippen molar-refractivity contribution in [3.05, 3.63) is 176 Å². The zero-order valence-corrected chi connectivity index (χ0v) is 19.1. The predicted molar refractivity (Wildman–Crippen MR) is 146 cm³/mol. The summed E-state index contributed by atoms with van der Waals surface area (Å²) in [6.45, 7) is 23.8. The van der Waals surface area contributed by atoms with Crippen molar-refractivity contribution < 1.29 is 0 Å². The van der Waals surface area contributed by atoms with Gasteiger partial charge in [-0.05, 0) is 57.7 Å². The molecule has 1 aromatic carbocycles. The molecule has 0 bridgehead atoms. The van der Waals surface area contributed by atoms with Crippen molar-refractivity contribution in [1.29, 1.82) is 0 Å². The summed E-state index contributed by atoms with van der Waals surface area (Å²) in [7, 11) is 0. The maximum Gasteiger partial charge on any atom is 0.0713 e. The maximum absolute atomic E-state index is 6.05. The zero-order chi connectivity index (χ0) is 24.4. The first kappa shape index (κ1) is 25.0. The molecule has 0 heterocycles. The van der Waals surface area contributed by atoms with E-state index >= 15 is 0 Å². The quantitative estimate of drug-likeness (QED) is 0.289. The molecule has 2 nitrogen and oxygen atoms in total. The molecule has 1 aromatic rings. The second-order valence-electron chi connectivity index (χ2n) is 7.32. The Balaban J connectivity index is 3.21. The van der Waals surface area contributed by atoms with Gasteiger partial charge < -0.3 is 11.5 Å². The molecule has 0 spiro atoms. The number of benzene rings is 1. The molecule has 0 radical (unpaired) electrons. The van der Waals surface area contributed by atoms with E-state index in [0.717, 1.165) is 33.4 Å². The van der Waals surface area contributed by atoms with Crippen LogP contribution >= 0.6 is 0 Å². The molecule has 1 aliphatic carbocycles. The number of nitrogen functional groups attached to an aromatic ring is 1. The fourth-order valence-corrected chi connectivity index (χ4v) is 4.16. The fourth-order valence-electron chi connectivity index (χ4n) is 4.16. The van der Waals surface area contributed by atoms with E-state index in [0.29, 0.717) is 11.4 Å². The Morgan fingerprint density at radius 1 is 0.727 bits per heavy atom. The Kier molecular flexibility index (Phi) is 8.59. The minimum atomic E-state index is -0.737. The van der Waals surface area contributed by atoms with Crippen molar-refractivity contribution in [2.75, 3.05) is 5.73 Å². The van der Waals surface area contributed by atoms with Crippen LogP contribution in [0.15, 0.2) is 170 Å². The van der Waals surface area contributed by atoms with Crippen molar-refractivity contribution in [2.24, 2.45) is 5.73 Å². The molecule has 2 rings (SSSR count). The Labute approximate surface area is 198 Å². The highest BCUT2D eigenvalue weighted by Gasteiger charge is 2.46. The summed E-state index contributed by atoms with van der Waals surface area (Å²) in [6.07, 6.45) is 22.4. The Morgan fingerprint density at radius 3 is 1.64 bits per heavy atom. The summed E-state index contributed by atoms with van der Waals surface area (Å²) in [5, 5.41) is 0. The van der Waals surface area contributed by atoms with Crippen LogP contribution in [0.25, 0.3) is 0 Å². The molecule has 2 heteroatoms. The molecule has 0 fully saturated rings. The third-order valence-corrected chi connectivity index (χ3v) is 5.57. The standard InChI is InChI=1S/C31H32N2/c1-7-13-15-29-27(11-5)28(12-6)30(16-14-8-2)31(29,24-18-21-26(33)22-19-24)23(9-3)17-20-25(32)10-4/h7-22H,1-6,32-33H2/b15-13-,16-14-,23-17+,25-20+. The van der Waals surface area contributed by atoms with Crippen LogP contribution in [0.2, 0.25) is 0 Å². The van der Waals surface area contributed by atoms with Gasteiger partial charge in [0.1, 0.15) is 0 Å². The molecule has 0 aliphatic heterocycles. The second-order valence-corrected chi connectivity index (χ2v) is 7.32. The van der Waals surface area contributed by atoms with Crippen molar-refractivity contribution in [2.45, 2.75) is 5.41 Å². The normalized spacial score (nSPS) is 16.4. The SMILES string of the molecule is C=C/C=C\C1=C(C=C)C(C=C)=C(/C=C\C=C)C1(/C(C=C)=C/C=C(/N)C=C)c1ccc(N)cc1. The summed E-state index contributed by atoms with van der Waals surface area (Å²) in [6, 6.07) is 7.86. The molecule has 0 atom stereocenters. The van der Waals surface area contributed by atoms with Crippen molar-refractivity contribution >= 4 is 5.69 Å². The minimum Gasteiger partial charge on any atom is -0.399 e. The molecular formula is C31H32N2. The van der Waals surface area contributed by atoms with Crippen LogP contribution in [0.3, 0.4) is 0 Å². The first-order chi connectivity index (χ1) is 16.0. The number of anilines is 1. The second kappa shape index (κ2) is 11.4.